The summed E-state index contributed by atoms with van der Waals surface area (Å²) in [6.07, 6.45) is 14.8. The molecule has 0 radical (unpaired) electrons. The maximum Gasteiger partial charge on any atom is 0.264 e. The molecule has 2 fully saturated rings. The lowest BCUT2D eigenvalue weighted by Crippen LogP contribution is -2.54. The number of imide groups is 2. The van der Waals surface area contributed by atoms with Crippen LogP contribution >= 0.6 is 0 Å². The SMILES string of the molecule is CC[C@H](C)n1cc(C)c2c(C(=O)NCc3c(C)cc(C)[nH]c3=O)cc(-c3ccc(N4CCN(C(=O)CCCCCCCCc5cn(CCOCCOCCOCCOCCOCCOCCNc6cccc7c6C(=O)N(C6CCC(=O)NC6=O)C7=O)nn5)CC4)nc3)cc21. The number of piperidine rings is 1. The number of nitrogens with zero attached hydrogens (tertiary/aromatic N) is 8. The van der Waals surface area contributed by atoms with Gasteiger partial charge in [-0.25, -0.2) is 9.67 Å². The highest BCUT2D eigenvalue weighted by atomic mass is 16.6. The van der Waals surface area contributed by atoms with Gasteiger partial charge < -0.3 is 58.4 Å². The van der Waals surface area contributed by atoms with Crippen molar-refractivity contribution < 1.29 is 57.2 Å². The Bertz CT molecular complexity index is 3600. The molecule has 506 valence electrons. The van der Waals surface area contributed by atoms with E-state index in [-0.39, 0.29) is 53.9 Å². The summed E-state index contributed by atoms with van der Waals surface area (Å²) in [7, 11) is 0. The third-order valence-corrected chi connectivity index (χ3v) is 17.4. The van der Waals surface area contributed by atoms with Crippen LogP contribution in [0.2, 0.25) is 0 Å². The molecule has 0 spiro atoms. The molecule has 2 saturated heterocycles. The highest BCUT2D eigenvalue weighted by Crippen LogP contribution is 2.35. The van der Waals surface area contributed by atoms with Crippen molar-refractivity contribution >= 4 is 57.9 Å². The fourth-order valence-electron chi connectivity index (χ4n) is 12.1. The summed E-state index contributed by atoms with van der Waals surface area (Å²) in [5, 5.41) is 17.9. The number of benzene rings is 2. The molecule has 0 saturated carbocycles. The Hall–Kier alpha value is -8.20. The summed E-state index contributed by atoms with van der Waals surface area (Å²) in [4.78, 5) is 103. The van der Waals surface area contributed by atoms with Gasteiger partial charge in [-0.15, -0.1) is 5.10 Å². The molecule has 25 nitrogen and oxygen atoms in total. The first-order chi connectivity index (χ1) is 45.7. The van der Waals surface area contributed by atoms with Crippen molar-refractivity contribution in [2.75, 3.05) is 122 Å². The zero-order valence-electron chi connectivity index (χ0n) is 55.1. The first kappa shape index (κ1) is 70.1. The molecule has 94 heavy (non-hydrogen) atoms. The Labute approximate surface area is 548 Å². The van der Waals surface area contributed by atoms with E-state index in [1.54, 1.807) is 18.2 Å². The van der Waals surface area contributed by atoms with Gasteiger partial charge in [-0.2, -0.15) is 0 Å². The Morgan fingerprint density at radius 2 is 1.39 bits per heavy atom. The van der Waals surface area contributed by atoms with Gasteiger partial charge in [0.15, 0.2) is 0 Å². The molecule has 7 heterocycles. The van der Waals surface area contributed by atoms with Gasteiger partial charge in [-0.05, 0) is 119 Å². The summed E-state index contributed by atoms with van der Waals surface area (Å²) in [6, 6.07) is 14.2. The van der Waals surface area contributed by atoms with Crippen LogP contribution in [0, 0.1) is 20.8 Å². The molecule has 0 bridgehead atoms. The number of aryl methyl sites for hydroxylation is 4. The Balaban J connectivity index is 0.541. The molecule has 9 rings (SSSR count). The summed E-state index contributed by atoms with van der Waals surface area (Å²) in [6.45, 7) is 19.0. The Morgan fingerprint density at radius 3 is 2.05 bits per heavy atom. The minimum atomic E-state index is -1.02. The number of unbranched alkanes of at least 4 members (excludes halogenated alkanes) is 5. The van der Waals surface area contributed by atoms with Crippen molar-refractivity contribution in [3.63, 3.8) is 0 Å². The average molecular weight is 1300 g/mol. The van der Waals surface area contributed by atoms with Gasteiger partial charge in [0.1, 0.15) is 11.9 Å². The number of rotatable bonds is 39. The number of pyridine rings is 2. The topological polar surface area (TPSA) is 285 Å². The number of nitrogens with one attached hydrogen (secondary N) is 4. The normalized spacial score (nSPS) is 15.3. The van der Waals surface area contributed by atoms with Crippen LogP contribution in [-0.4, -0.2) is 193 Å². The number of piperazine rings is 1. The first-order valence-electron chi connectivity index (χ1n) is 33.2. The number of anilines is 2. The largest absolute Gasteiger partial charge is 0.382 e. The van der Waals surface area contributed by atoms with E-state index in [0.717, 1.165) is 107 Å². The zero-order valence-corrected chi connectivity index (χ0v) is 55.1. The second-order valence-electron chi connectivity index (χ2n) is 24.2. The predicted octanol–water partition coefficient (Wildman–Crippen LogP) is 7.04. The lowest BCUT2D eigenvalue weighted by Gasteiger charge is -2.35. The smallest absolute Gasteiger partial charge is 0.264 e. The minimum Gasteiger partial charge on any atom is -0.382 e. The van der Waals surface area contributed by atoms with Crippen LogP contribution in [0.5, 0.6) is 0 Å². The van der Waals surface area contributed by atoms with Gasteiger partial charge in [-0.3, -0.25) is 43.8 Å². The minimum absolute atomic E-state index is 0.0580. The molecule has 2 atom stereocenters. The van der Waals surface area contributed by atoms with Gasteiger partial charge in [0.25, 0.3) is 23.3 Å². The van der Waals surface area contributed by atoms with Crippen LogP contribution in [0.25, 0.3) is 22.0 Å². The fraction of sp³-hybridized carbons (Fsp3) is 0.536. The lowest BCUT2D eigenvalue weighted by atomic mass is 9.98. The maximum atomic E-state index is 14.0. The summed E-state index contributed by atoms with van der Waals surface area (Å²) < 4.78 is 37.8. The second-order valence-corrected chi connectivity index (χ2v) is 24.2. The van der Waals surface area contributed by atoms with Gasteiger partial charge >= 0.3 is 0 Å². The molecule has 3 aliphatic heterocycles. The third kappa shape index (κ3) is 19.0. The van der Waals surface area contributed by atoms with Crippen LogP contribution in [0.15, 0.2) is 71.9 Å². The zero-order chi connectivity index (χ0) is 66.3. The highest BCUT2D eigenvalue weighted by Gasteiger charge is 2.45. The molecule has 0 aliphatic carbocycles. The number of hydrogen-bond donors (Lipinski definition) is 4. The second kappa shape index (κ2) is 35.3. The van der Waals surface area contributed by atoms with E-state index in [2.05, 4.69) is 72.9 Å². The van der Waals surface area contributed by atoms with Crippen LogP contribution in [0.3, 0.4) is 0 Å². The third-order valence-electron chi connectivity index (χ3n) is 17.4. The van der Waals surface area contributed by atoms with Gasteiger partial charge in [0, 0.05) is 116 Å². The van der Waals surface area contributed by atoms with Crippen molar-refractivity contribution in [1.82, 2.24) is 50.0 Å². The quantitative estimate of drug-likeness (QED) is 0.0222. The van der Waals surface area contributed by atoms with Crippen LogP contribution in [0.4, 0.5) is 11.5 Å². The predicted molar refractivity (Wildman–Crippen MR) is 354 cm³/mol. The molecular weight excluding hydrogens is 1200 g/mol. The number of carbonyl (C=O) groups excluding carboxylic acids is 6. The summed E-state index contributed by atoms with van der Waals surface area (Å²) in [5.41, 5.74) is 8.16. The van der Waals surface area contributed by atoms with Crippen LogP contribution in [0.1, 0.15) is 143 Å². The standard InChI is InChI=1S/C69H92N12O13/c1-6-50(5)80-45-48(3)63-55(65(84)72-44-56-47(2)40-49(4)73-66(56)85)41-52(42-59(63)80)51-18-20-60(71-43-51)77-23-25-78(26-24-77)62(83)17-12-10-8-7-9-11-14-53-46-79(76-75-53)27-29-90-31-33-92-35-37-94-39-38-93-36-34-91-32-30-89-28-22-70-57-16-13-15-54-64(57)69(88)81(68(54)87)58-19-21-61(82)74-67(58)86/h13,15-16,18,20,40-43,45-46,50,58,70H,6-12,14,17,19,21-39,44H2,1-5H3,(H,72,84)(H,73,85)(H,74,82,86)/t50-,58?/m0/s1. The van der Waals surface area contributed by atoms with Crippen molar-refractivity contribution in [2.45, 2.75) is 130 Å². The number of carbonyl (C=O) groups is 6. The molecule has 2 aromatic carbocycles. The number of fused-ring (bicyclic) bond motifs is 2. The number of hydrogen-bond acceptors (Lipinski definition) is 18. The van der Waals surface area contributed by atoms with Crippen molar-refractivity contribution in [2.24, 2.45) is 0 Å². The monoisotopic (exact) mass is 1300 g/mol. The first-order valence-corrected chi connectivity index (χ1v) is 33.2. The molecule has 4 aromatic heterocycles. The number of aromatic nitrogens is 6. The van der Waals surface area contributed by atoms with E-state index >= 15 is 0 Å². The molecule has 25 heteroatoms. The fourth-order valence-corrected chi connectivity index (χ4v) is 12.1. The molecule has 1 unspecified atom stereocenters. The average Bonchev–Trinajstić information content (AvgIpc) is 1.60. The lowest BCUT2D eigenvalue weighted by molar-refractivity contribution is -0.136. The van der Waals surface area contributed by atoms with E-state index in [1.165, 1.54) is 0 Å². The number of ether oxygens (including phenoxy) is 6. The molecule has 3 aliphatic rings. The number of H-pyrrole nitrogens is 1. The van der Waals surface area contributed by atoms with E-state index in [4.69, 9.17) is 33.4 Å². The van der Waals surface area contributed by atoms with Crippen molar-refractivity contribution in [1.29, 1.82) is 0 Å². The molecule has 6 amide bonds. The molecular formula is C69H92N12O13. The molecule has 6 aromatic rings. The number of aromatic amines is 1. The Morgan fingerprint density at radius 1 is 0.723 bits per heavy atom. The van der Waals surface area contributed by atoms with Gasteiger partial charge in [0.05, 0.1) is 103 Å². The summed E-state index contributed by atoms with van der Waals surface area (Å²) in [5.74, 6) is -1.36. The van der Waals surface area contributed by atoms with Gasteiger partial charge in [0.2, 0.25) is 17.7 Å². The highest BCUT2D eigenvalue weighted by molar-refractivity contribution is 6.25. The van der Waals surface area contributed by atoms with Crippen molar-refractivity contribution in [3.8, 4) is 11.1 Å². The van der Waals surface area contributed by atoms with Crippen LogP contribution < -0.4 is 26.4 Å². The number of amides is 6. The summed E-state index contributed by atoms with van der Waals surface area (Å²) >= 11 is 0. The van der Waals surface area contributed by atoms with E-state index in [9.17, 15) is 33.6 Å². The van der Waals surface area contributed by atoms with Gasteiger partial charge in [-0.1, -0.05) is 43.9 Å². The van der Waals surface area contributed by atoms with Crippen molar-refractivity contribution in [3.05, 3.63) is 122 Å². The van der Waals surface area contributed by atoms with E-state index < -0.39 is 29.7 Å². The molecule has 4 N–H and O–H groups in total. The Kier molecular flexibility index (Phi) is 26.4. The van der Waals surface area contributed by atoms with Crippen LogP contribution in [-0.2, 0) is 62.3 Å². The maximum absolute atomic E-state index is 14.0. The van der Waals surface area contributed by atoms with E-state index in [1.807, 2.05) is 60.9 Å². The van der Waals surface area contributed by atoms with E-state index in [0.29, 0.717) is 142 Å².